The minimum absolute atomic E-state index is 0.135. The van der Waals surface area contributed by atoms with Gasteiger partial charge in [0.05, 0.1) is 5.39 Å². The lowest BCUT2D eigenvalue weighted by atomic mass is 9.89. The van der Waals surface area contributed by atoms with Gasteiger partial charge in [0.1, 0.15) is 5.82 Å². The number of urea groups is 1. The van der Waals surface area contributed by atoms with E-state index in [0.717, 1.165) is 39.0 Å². The third-order valence-corrected chi connectivity index (χ3v) is 5.42. The maximum absolute atomic E-state index is 12.5. The first-order valence-electron chi connectivity index (χ1n) is 10.5. The van der Waals surface area contributed by atoms with Crippen LogP contribution in [0.25, 0.3) is 22.2 Å². The largest absolute Gasteiger partial charge is 0.383 e. The highest BCUT2D eigenvalue weighted by atomic mass is 16.2. The minimum Gasteiger partial charge on any atom is -0.383 e. The van der Waals surface area contributed by atoms with Gasteiger partial charge in [-0.3, -0.25) is 5.10 Å². The van der Waals surface area contributed by atoms with Crippen molar-refractivity contribution in [1.29, 1.82) is 0 Å². The van der Waals surface area contributed by atoms with Crippen molar-refractivity contribution in [2.75, 3.05) is 16.4 Å². The summed E-state index contributed by atoms with van der Waals surface area (Å²) >= 11 is 0. The van der Waals surface area contributed by atoms with E-state index in [1.807, 2.05) is 56.3 Å². The fraction of sp³-hybridized carbons (Fsp3) is 0.240. The molecule has 4 aromatic rings. The molecule has 0 fully saturated rings. The van der Waals surface area contributed by atoms with Crippen molar-refractivity contribution in [2.24, 2.45) is 0 Å². The Bertz CT molecular complexity index is 1300. The number of aromatic amines is 1. The number of aryl methyl sites for hydroxylation is 2. The number of anilines is 3. The first-order valence-corrected chi connectivity index (χ1v) is 10.5. The Kier molecular flexibility index (Phi) is 5.34. The van der Waals surface area contributed by atoms with Crippen LogP contribution in [0.5, 0.6) is 0 Å². The van der Waals surface area contributed by atoms with Crippen LogP contribution in [-0.2, 0) is 5.41 Å². The summed E-state index contributed by atoms with van der Waals surface area (Å²) in [6.45, 7) is 10.3. The molecule has 164 valence electrons. The lowest BCUT2D eigenvalue weighted by molar-refractivity contribution is 0.262. The van der Waals surface area contributed by atoms with E-state index in [0.29, 0.717) is 17.2 Å². The van der Waals surface area contributed by atoms with E-state index in [1.54, 1.807) is 0 Å². The highest BCUT2D eigenvalue weighted by Crippen LogP contribution is 2.34. The molecule has 0 radical (unpaired) electrons. The molecule has 32 heavy (non-hydrogen) atoms. The number of carbonyl (C=O) groups is 1. The number of nitrogen functional groups attached to an aromatic ring is 1. The molecule has 2 aromatic carbocycles. The second-order valence-corrected chi connectivity index (χ2v) is 9.12. The van der Waals surface area contributed by atoms with Gasteiger partial charge in [-0.05, 0) is 60.4 Å². The minimum atomic E-state index is -0.285. The molecule has 2 heterocycles. The van der Waals surface area contributed by atoms with Crippen molar-refractivity contribution in [3.63, 3.8) is 0 Å². The Morgan fingerprint density at radius 2 is 1.72 bits per heavy atom. The van der Waals surface area contributed by atoms with Crippen LogP contribution < -0.4 is 16.4 Å². The summed E-state index contributed by atoms with van der Waals surface area (Å²) in [6.07, 6.45) is 0. The van der Waals surface area contributed by atoms with Crippen LogP contribution in [0.4, 0.5) is 22.0 Å². The molecular formula is C25H28N6O. The Morgan fingerprint density at radius 3 is 2.41 bits per heavy atom. The van der Waals surface area contributed by atoms with E-state index < -0.39 is 0 Å². The van der Waals surface area contributed by atoms with E-state index in [4.69, 9.17) is 5.73 Å². The van der Waals surface area contributed by atoms with Gasteiger partial charge in [-0.15, -0.1) is 0 Å². The molecule has 7 heteroatoms. The van der Waals surface area contributed by atoms with Gasteiger partial charge < -0.3 is 16.4 Å². The molecule has 0 saturated heterocycles. The predicted octanol–water partition coefficient (Wildman–Crippen LogP) is 5.77. The summed E-state index contributed by atoms with van der Waals surface area (Å²) in [5.41, 5.74) is 13.0. The second kappa shape index (κ2) is 8.00. The smallest absolute Gasteiger partial charge is 0.323 e. The molecule has 0 aliphatic rings. The van der Waals surface area contributed by atoms with Crippen molar-refractivity contribution in [3.05, 3.63) is 65.4 Å². The zero-order chi connectivity index (χ0) is 23.0. The molecule has 7 nitrogen and oxygen atoms in total. The third-order valence-electron chi connectivity index (χ3n) is 5.42. The van der Waals surface area contributed by atoms with Gasteiger partial charge >= 0.3 is 6.03 Å². The molecule has 0 atom stereocenters. The van der Waals surface area contributed by atoms with E-state index in [-0.39, 0.29) is 11.4 Å². The second-order valence-electron chi connectivity index (χ2n) is 9.12. The molecule has 2 aromatic heterocycles. The molecule has 2 amide bonds. The number of aromatic nitrogens is 3. The average molecular weight is 429 g/mol. The number of carbonyl (C=O) groups excluding carboxylic acids is 1. The van der Waals surface area contributed by atoms with Gasteiger partial charge in [-0.25, -0.2) is 9.78 Å². The average Bonchev–Trinajstić information content (AvgIpc) is 3.11. The number of nitrogens with zero attached hydrogens (tertiary/aromatic N) is 2. The van der Waals surface area contributed by atoms with Crippen LogP contribution in [0.1, 0.15) is 37.6 Å². The van der Waals surface area contributed by atoms with Crippen LogP contribution >= 0.6 is 0 Å². The number of rotatable bonds is 3. The first kappa shape index (κ1) is 21.4. The zero-order valence-corrected chi connectivity index (χ0v) is 19.0. The highest BCUT2D eigenvalue weighted by Gasteiger charge is 2.21. The van der Waals surface area contributed by atoms with E-state index in [9.17, 15) is 4.79 Å². The van der Waals surface area contributed by atoms with Crippen LogP contribution in [0.15, 0.2) is 48.5 Å². The number of benzene rings is 2. The molecule has 0 unspecified atom stereocenters. The quantitative estimate of drug-likeness (QED) is 0.332. The number of hydrogen-bond acceptors (Lipinski definition) is 4. The molecule has 0 saturated carbocycles. The number of hydrogen-bond donors (Lipinski definition) is 4. The summed E-state index contributed by atoms with van der Waals surface area (Å²) in [5.74, 6) is 0.484. The third kappa shape index (κ3) is 4.27. The normalized spacial score (nSPS) is 11.5. The number of nitrogens with two attached hydrogens (primary N) is 1. The van der Waals surface area contributed by atoms with Crippen LogP contribution in [0.3, 0.4) is 0 Å². The van der Waals surface area contributed by atoms with Gasteiger partial charge in [-0.1, -0.05) is 45.0 Å². The highest BCUT2D eigenvalue weighted by molar-refractivity contribution is 6.02. The number of fused-ring (bicyclic) bond motifs is 1. The van der Waals surface area contributed by atoms with Gasteiger partial charge in [0.2, 0.25) is 0 Å². The summed E-state index contributed by atoms with van der Waals surface area (Å²) in [6, 6.07) is 15.4. The molecule has 0 aliphatic heterocycles. The van der Waals surface area contributed by atoms with Crippen LogP contribution in [0, 0.1) is 13.8 Å². The zero-order valence-electron chi connectivity index (χ0n) is 19.0. The fourth-order valence-corrected chi connectivity index (χ4v) is 3.55. The molecule has 0 spiro atoms. The Balaban J connectivity index is 1.60. The van der Waals surface area contributed by atoms with Crippen molar-refractivity contribution in [3.8, 4) is 11.1 Å². The van der Waals surface area contributed by atoms with Crippen molar-refractivity contribution >= 4 is 34.3 Å². The SMILES string of the molecule is Cc1ccc(C)c(NC(=O)Nc2ccc(-c3cc(C(C)(C)C)nc4n[nH]c(N)c34)cc2)c1. The van der Waals surface area contributed by atoms with Gasteiger partial charge in [0.25, 0.3) is 0 Å². The summed E-state index contributed by atoms with van der Waals surface area (Å²) in [7, 11) is 0. The number of H-pyrrole nitrogens is 1. The summed E-state index contributed by atoms with van der Waals surface area (Å²) in [5, 5.41) is 13.7. The van der Waals surface area contributed by atoms with Gasteiger partial charge in [0.15, 0.2) is 5.65 Å². The Morgan fingerprint density at radius 1 is 1.00 bits per heavy atom. The monoisotopic (exact) mass is 428 g/mol. The number of nitrogens with one attached hydrogen (secondary N) is 3. The molecule has 4 rings (SSSR count). The van der Waals surface area contributed by atoms with Gasteiger partial charge in [0, 0.05) is 22.5 Å². The molecule has 0 bridgehead atoms. The lowest BCUT2D eigenvalue weighted by Crippen LogP contribution is -2.20. The van der Waals surface area contributed by atoms with E-state index >= 15 is 0 Å². The van der Waals surface area contributed by atoms with Gasteiger partial charge in [-0.2, -0.15) is 5.10 Å². The van der Waals surface area contributed by atoms with Crippen LogP contribution in [0.2, 0.25) is 0 Å². The Hall–Kier alpha value is -3.87. The molecule has 0 aliphatic carbocycles. The van der Waals surface area contributed by atoms with E-state index in [1.165, 1.54) is 0 Å². The fourth-order valence-electron chi connectivity index (χ4n) is 3.55. The maximum atomic E-state index is 12.5. The summed E-state index contributed by atoms with van der Waals surface area (Å²) < 4.78 is 0. The number of pyridine rings is 1. The molecular weight excluding hydrogens is 400 g/mol. The Labute approximate surface area is 187 Å². The van der Waals surface area contributed by atoms with Crippen molar-refractivity contribution in [2.45, 2.75) is 40.0 Å². The molecule has 5 N–H and O–H groups in total. The topological polar surface area (TPSA) is 109 Å². The lowest BCUT2D eigenvalue weighted by Gasteiger charge is -2.19. The standard InChI is InChI=1S/C25H28N6O/c1-14-6-7-15(2)19(12-14)28-24(32)27-17-10-8-16(9-11-17)18-13-20(25(3,4)5)29-23-21(18)22(26)30-31-23/h6-13H,1-5H3,(H2,27,28,32)(H3,26,29,30,31). The van der Waals surface area contributed by atoms with Crippen LogP contribution in [-0.4, -0.2) is 21.2 Å². The van der Waals surface area contributed by atoms with E-state index in [2.05, 4.69) is 52.7 Å². The summed E-state index contributed by atoms with van der Waals surface area (Å²) in [4.78, 5) is 17.2. The maximum Gasteiger partial charge on any atom is 0.323 e. The van der Waals surface area contributed by atoms with Crippen molar-refractivity contribution < 1.29 is 4.79 Å². The first-order chi connectivity index (χ1) is 15.1. The predicted molar refractivity (Wildman–Crippen MR) is 131 cm³/mol. The van der Waals surface area contributed by atoms with Crippen molar-refractivity contribution in [1.82, 2.24) is 15.2 Å². The number of amides is 2.